The fourth-order valence-corrected chi connectivity index (χ4v) is 3.20. The molecule has 0 aliphatic carbocycles. The molecule has 1 aliphatic rings. The van der Waals surface area contributed by atoms with Crippen LogP contribution >= 0.6 is 11.6 Å². The number of rotatable bonds is 3. The van der Waals surface area contributed by atoms with Crippen molar-refractivity contribution in [1.29, 1.82) is 0 Å². The van der Waals surface area contributed by atoms with Gasteiger partial charge in [-0.15, -0.1) is 0 Å². The predicted octanol–water partition coefficient (Wildman–Crippen LogP) is 3.35. The number of nitrogens with zero attached hydrogens (tertiary/aromatic N) is 2. The van der Waals surface area contributed by atoms with Crippen LogP contribution in [0.2, 0.25) is 5.02 Å². The Balaban J connectivity index is 1.54. The van der Waals surface area contributed by atoms with Gasteiger partial charge >= 0.3 is 0 Å². The summed E-state index contributed by atoms with van der Waals surface area (Å²) in [5.41, 5.74) is 1.10. The number of aromatic nitrogens is 2. The molecule has 1 saturated heterocycles. The number of hydrogen-bond acceptors (Lipinski definition) is 3. The van der Waals surface area contributed by atoms with Crippen molar-refractivity contribution in [2.75, 3.05) is 16.8 Å². The molecule has 0 radical (unpaired) electrons. The molecule has 1 fully saturated rings. The molecular weight excluding hydrogens is 359 g/mol. The molecule has 0 spiro atoms. The third-order valence-corrected chi connectivity index (χ3v) is 4.63. The summed E-state index contributed by atoms with van der Waals surface area (Å²) in [6, 6.07) is 11.3. The lowest BCUT2D eigenvalue weighted by molar-refractivity contribution is -0.122. The topological polar surface area (TPSA) is 78.1 Å². The number of aromatic amines is 1. The van der Waals surface area contributed by atoms with Gasteiger partial charge in [0.05, 0.1) is 16.8 Å². The lowest BCUT2D eigenvalue weighted by atomic mass is 10.1. The second kappa shape index (κ2) is 6.42. The maximum atomic E-state index is 14.1. The first kappa shape index (κ1) is 16.5. The molecule has 1 atom stereocenters. The molecule has 0 bridgehead atoms. The number of benzene rings is 2. The Morgan fingerprint density at radius 3 is 2.81 bits per heavy atom. The van der Waals surface area contributed by atoms with Crippen molar-refractivity contribution in [3.63, 3.8) is 0 Å². The smallest absolute Gasteiger partial charge is 0.229 e. The molecule has 1 aromatic heterocycles. The van der Waals surface area contributed by atoms with Crippen LogP contribution in [-0.2, 0) is 9.59 Å². The summed E-state index contributed by atoms with van der Waals surface area (Å²) in [5.74, 6) is -1.34. The lowest BCUT2D eigenvalue weighted by Crippen LogP contribution is -2.28. The van der Waals surface area contributed by atoms with Crippen molar-refractivity contribution in [2.24, 2.45) is 5.92 Å². The van der Waals surface area contributed by atoms with Gasteiger partial charge < -0.3 is 5.32 Å². The molecule has 2 heterocycles. The Hall–Kier alpha value is -2.93. The molecular formula is C18H14ClFN4O2. The highest BCUT2D eigenvalue weighted by Gasteiger charge is 2.37. The number of nitrogens with one attached hydrogen (secondary N) is 2. The van der Waals surface area contributed by atoms with E-state index in [1.54, 1.807) is 36.4 Å². The summed E-state index contributed by atoms with van der Waals surface area (Å²) >= 11 is 5.83. The van der Waals surface area contributed by atoms with E-state index in [2.05, 4.69) is 15.5 Å². The number of amides is 2. The van der Waals surface area contributed by atoms with Gasteiger partial charge in [-0.1, -0.05) is 17.7 Å². The minimum absolute atomic E-state index is 0.0439. The van der Waals surface area contributed by atoms with Gasteiger partial charge in [-0.2, -0.15) is 5.10 Å². The molecule has 26 heavy (non-hydrogen) atoms. The molecule has 8 heteroatoms. The third kappa shape index (κ3) is 2.90. The van der Waals surface area contributed by atoms with E-state index >= 15 is 0 Å². The number of fused-ring (bicyclic) bond motifs is 1. The molecule has 0 saturated carbocycles. The van der Waals surface area contributed by atoms with E-state index in [1.807, 2.05) is 0 Å². The number of H-pyrrole nitrogens is 1. The molecule has 132 valence electrons. The first-order valence-electron chi connectivity index (χ1n) is 8.02. The first-order chi connectivity index (χ1) is 12.5. The van der Waals surface area contributed by atoms with E-state index in [0.717, 1.165) is 0 Å². The number of carbonyl (C=O) groups is 2. The van der Waals surface area contributed by atoms with E-state index in [9.17, 15) is 14.0 Å². The van der Waals surface area contributed by atoms with Crippen LogP contribution in [0.5, 0.6) is 0 Å². The normalized spacial score (nSPS) is 17.1. The molecule has 0 unspecified atom stereocenters. The standard InChI is InChI=1S/C18H14ClFN4O2/c19-11-4-6-12(7-5-11)21-18(26)10-8-15(25)24(9-10)17-16-13(20)2-1-3-14(16)22-23-17/h1-7,10H,8-9H2,(H,21,26)(H,22,23)/t10-/m1/s1. The van der Waals surface area contributed by atoms with Crippen molar-refractivity contribution >= 4 is 45.8 Å². The Kier molecular flexibility index (Phi) is 4.08. The average Bonchev–Trinajstić information content (AvgIpc) is 3.21. The Morgan fingerprint density at radius 1 is 1.27 bits per heavy atom. The van der Waals surface area contributed by atoms with Crippen molar-refractivity contribution in [1.82, 2.24) is 10.2 Å². The van der Waals surface area contributed by atoms with Gasteiger partial charge in [0.2, 0.25) is 11.8 Å². The average molecular weight is 373 g/mol. The van der Waals surface area contributed by atoms with Gasteiger partial charge in [-0.3, -0.25) is 19.6 Å². The maximum absolute atomic E-state index is 14.1. The van der Waals surface area contributed by atoms with E-state index in [0.29, 0.717) is 16.2 Å². The van der Waals surface area contributed by atoms with Crippen molar-refractivity contribution in [3.8, 4) is 0 Å². The summed E-state index contributed by atoms with van der Waals surface area (Å²) in [7, 11) is 0. The second-order valence-electron chi connectivity index (χ2n) is 6.11. The van der Waals surface area contributed by atoms with Crippen LogP contribution in [0.1, 0.15) is 6.42 Å². The van der Waals surface area contributed by atoms with Crippen LogP contribution in [0.4, 0.5) is 15.9 Å². The van der Waals surface area contributed by atoms with Crippen molar-refractivity contribution < 1.29 is 14.0 Å². The fraction of sp³-hybridized carbons (Fsp3) is 0.167. The Labute approximate surface area is 152 Å². The molecule has 2 aromatic carbocycles. The van der Waals surface area contributed by atoms with Crippen LogP contribution in [0.3, 0.4) is 0 Å². The molecule has 6 nitrogen and oxygen atoms in total. The van der Waals surface area contributed by atoms with Crippen LogP contribution in [0.15, 0.2) is 42.5 Å². The SMILES string of the molecule is O=C(Nc1ccc(Cl)cc1)[C@@H]1CC(=O)N(c2n[nH]c3cccc(F)c23)C1. The van der Waals surface area contributed by atoms with E-state index < -0.39 is 11.7 Å². The van der Waals surface area contributed by atoms with Gasteiger partial charge in [0, 0.05) is 23.7 Å². The minimum atomic E-state index is -0.545. The van der Waals surface area contributed by atoms with Crippen LogP contribution < -0.4 is 10.2 Å². The molecule has 2 amide bonds. The molecule has 1 aliphatic heterocycles. The third-order valence-electron chi connectivity index (χ3n) is 4.38. The van der Waals surface area contributed by atoms with E-state index in [-0.39, 0.29) is 36.0 Å². The largest absolute Gasteiger partial charge is 0.326 e. The van der Waals surface area contributed by atoms with Gasteiger partial charge in [0.15, 0.2) is 5.82 Å². The monoisotopic (exact) mass is 372 g/mol. The number of hydrogen-bond donors (Lipinski definition) is 2. The summed E-state index contributed by atoms with van der Waals surface area (Å²) in [6.45, 7) is 0.145. The van der Waals surface area contributed by atoms with Crippen molar-refractivity contribution in [3.05, 3.63) is 53.3 Å². The summed E-state index contributed by atoms with van der Waals surface area (Å²) < 4.78 is 14.1. The van der Waals surface area contributed by atoms with Crippen LogP contribution in [-0.4, -0.2) is 28.6 Å². The van der Waals surface area contributed by atoms with Crippen LogP contribution in [0, 0.1) is 11.7 Å². The summed E-state index contributed by atoms with van der Waals surface area (Å²) in [5, 5.41) is 10.4. The Bertz CT molecular complexity index is 1000. The lowest BCUT2D eigenvalue weighted by Gasteiger charge is -2.14. The zero-order valence-electron chi connectivity index (χ0n) is 13.5. The number of carbonyl (C=O) groups excluding carboxylic acids is 2. The Morgan fingerprint density at radius 2 is 2.04 bits per heavy atom. The number of anilines is 2. The van der Waals surface area contributed by atoms with Gasteiger partial charge in [0.1, 0.15) is 5.82 Å². The summed E-state index contributed by atoms with van der Waals surface area (Å²) in [4.78, 5) is 26.2. The highest BCUT2D eigenvalue weighted by Crippen LogP contribution is 2.31. The molecule has 4 rings (SSSR count). The van der Waals surface area contributed by atoms with Gasteiger partial charge in [-0.25, -0.2) is 4.39 Å². The molecule has 3 aromatic rings. The van der Waals surface area contributed by atoms with Crippen molar-refractivity contribution in [2.45, 2.75) is 6.42 Å². The summed E-state index contributed by atoms with van der Waals surface area (Å²) in [6.07, 6.45) is 0.0439. The molecule has 2 N–H and O–H groups in total. The quantitative estimate of drug-likeness (QED) is 0.740. The highest BCUT2D eigenvalue weighted by molar-refractivity contribution is 6.30. The first-order valence-corrected chi connectivity index (χ1v) is 8.40. The van der Waals surface area contributed by atoms with E-state index in [4.69, 9.17) is 11.6 Å². The maximum Gasteiger partial charge on any atom is 0.229 e. The zero-order valence-corrected chi connectivity index (χ0v) is 14.3. The van der Waals surface area contributed by atoms with Gasteiger partial charge in [-0.05, 0) is 36.4 Å². The second-order valence-corrected chi connectivity index (χ2v) is 6.55. The highest BCUT2D eigenvalue weighted by atomic mass is 35.5. The number of halogens is 2. The predicted molar refractivity (Wildman–Crippen MR) is 96.6 cm³/mol. The van der Waals surface area contributed by atoms with E-state index in [1.165, 1.54) is 11.0 Å². The zero-order chi connectivity index (χ0) is 18.3. The van der Waals surface area contributed by atoms with Gasteiger partial charge in [0.25, 0.3) is 0 Å². The van der Waals surface area contributed by atoms with Crippen LogP contribution in [0.25, 0.3) is 10.9 Å². The fourth-order valence-electron chi connectivity index (χ4n) is 3.07. The minimum Gasteiger partial charge on any atom is -0.326 e.